The number of aromatic nitrogens is 3. The minimum Gasteiger partial charge on any atom is -0.360 e. The van der Waals surface area contributed by atoms with Crippen LogP contribution in [0, 0.1) is 0 Å². The third kappa shape index (κ3) is 6.83. The van der Waals surface area contributed by atoms with Gasteiger partial charge in [0.05, 0.1) is 5.69 Å². The molecule has 2 aromatic heterocycles. The van der Waals surface area contributed by atoms with Crippen molar-refractivity contribution in [3.05, 3.63) is 94.6 Å². The van der Waals surface area contributed by atoms with Gasteiger partial charge in [0.1, 0.15) is 5.76 Å². The van der Waals surface area contributed by atoms with Gasteiger partial charge in [0.15, 0.2) is 5.82 Å². The van der Waals surface area contributed by atoms with Crippen molar-refractivity contribution in [1.82, 2.24) is 30.8 Å². The fraction of sp³-hybridized carbons (Fsp3) is 0.595. The largest absolute Gasteiger partial charge is 0.360 e. The summed E-state index contributed by atoms with van der Waals surface area (Å²) in [5.41, 5.74) is 11.8. The molecule has 2 aromatic carbocycles. The van der Waals surface area contributed by atoms with Crippen molar-refractivity contribution in [2.24, 2.45) is 5.73 Å². The Morgan fingerprint density at radius 1 is 0.731 bits per heavy atom. The molecule has 4 atom stereocenters. The molecule has 0 unspecified atom stereocenters. The van der Waals surface area contributed by atoms with Crippen LogP contribution in [0.4, 0.5) is 6.01 Å². The molecule has 10 rings (SSSR count). The van der Waals surface area contributed by atoms with Crippen LogP contribution in [-0.2, 0) is 17.4 Å². The van der Waals surface area contributed by atoms with Crippen molar-refractivity contribution in [3.8, 4) is 0 Å². The first kappa shape index (κ1) is 33.0. The van der Waals surface area contributed by atoms with E-state index >= 15 is 0 Å². The molecule has 10 heteroatoms. The zero-order chi connectivity index (χ0) is 34.7. The minimum absolute atomic E-state index is 0.0405. The quantitative estimate of drug-likeness (QED) is 0.151. The number of nitrogens with zero attached hydrogens (tertiary/aromatic N) is 5. The van der Waals surface area contributed by atoms with E-state index in [4.69, 9.17) is 19.8 Å². The van der Waals surface area contributed by atoms with Crippen LogP contribution < -0.4 is 21.3 Å². The molecule has 0 radical (unpaired) electrons. The van der Waals surface area contributed by atoms with E-state index in [1.54, 1.807) is 0 Å². The highest BCUT2D eigenvalue weighted by Gasteiger charge is 2.51. The maximum atomic E-state index is 6.13. The smallest absolute Gasteiger partial charge is 0.324 e. The standard InChI is InChI=1S/C42H54N8O2/c43-32-11-9-30(10-12-32)35-24-38(51-47-35)41(13-14-41)26-44-37-23-34(37)31-8-4-5-28(21-31)25-49-17-19-50(20-18-49)40-46-39(48-52-40)42(15-16-42)27-45-36-22-33(36)29-6-2-1-3-7-29/h1-8,21,24,30,32-34,36-37,44-45H,9-20,22-23,25-27,43H2/t30-,32-,33-,34-,36+,37+/m0/s1. The van der Waals surface area contributed by atoms with Crippen molar-refractivity contribution in [1.29, 1.82) is 0 Å². The van der Waals surface area contributed by atoms with E-state index in [-0.39, 0.29) is 10.8 Å². The molecule has 52 heavy (non-hydrogen) atoms. The Bertz CT molecular complexity index is 1830. The number of hydrogen-bond donors (Lipinski definition) is 3. The van der Waals surface area contributed by atoms with Gasteiger partial charge in [0.2, 0.25) is 0 Å². The Morgan fingerprint density at radius 2 is 1.42 bits per heavy atom. The highest BCUT2D eigenvalue weighted by molar-refractivity contribution is 5.34. The van der Waals surface area contributed by atoms with Gasteiger partial charge < -0.3 is 30.3 Å². The Kier molecular flexibility index (Phi) is 8.50. The second-order valence-electron chi connectivity index (χ2n) is 17.3. The number of benzene rings is 2. The molecule has 274 valence electrons. The highest BCUT2D eigenvalue weighted by atomic mass is 16.5. The molecule has 5 aliphatic carbocycles. The summed E-state index contributed by atoms with van der Waals surface area (Å²) in [6.45, 7) is 6.69. The van der Waals surface area contributed by atoms with Crippen LogP contribution in [0.25, 0.3) is 0 Å². The third-order valence-electron chi connectivity index (χ3n) is 13.5. The monoisotopic (exact) mass is 702 g/mol. The predicted molar refractivity (Wildman–Crippen MR) is 200 cm³/mol. The lowest BCUT2D eigenvalue weighted by atomic mass is 9.84. The Balaban J connectivity index is 0.677. The molecular weight excluding hydrogens is 649 g/mol. The van der Waals surface area contributed by atoms with Gasteiger partial charge in [0.25, 0.3) is 0 Å². The SMILES string of the molecule is N[C@H]1CC[C@H](c2cc(C3(CN[C@@H]4C[C@H]4c4cccc(CN5CCN(c6nc(C7(CN[C@@H]8C[C@H]8c8ccccc8)CC7)no6)CC5)c4)CC3)on2)CC1. The van der Waals surface area contributed by atoms with Crippen molar-refractivity contribution in [3.63, 3.8) is 0 Å². The number of nitrogens with one attached hydrogen (secondary N) is 2. The summed E-state index contributed by atoms with van der Waals surface area (Å²) in [5.74, 6) is 3.72. The summed E-state index contributed by atoms with van der Waals surface area (Å²) in [5, 5.41) is 16.8. The summed E-state index contributed by atoms with van der Waals surface area (Å²) < 4.78 is 11.8. The molecule has 6 fully saturated rings. The fourth-order valence-corrected chi connectivity index (χ4v) is 9.21. The Hall–Kier alpha value is -3.57. The van der Waals surface area contributed by atoms with Crippen LogP contribution in [0.1, 0.15) is 116 Å². The second kappa shape index (κ2) is 13.4. The number of hydrogen-bond acceptors (Lipinski definition) is 10. The molecule has 0 bridgehead atoms. The summed E-state index contributed by atoms with van der Waals surface area (Å²) in [6, 6.07) is 24.6. The molecule has 10 nitrogen and oxygen atoms in total. The molecular formula is C42H54N8O2. The average molecular weight is 703 g/mol. The molecule has 1 saturated heterocycles. The lowest BCUT2D eigenvalue weighted by Crippen LogP contribution is -2.46. The fourth-order valence-electron chi connectivity index (χ4n) is 9.21. The number of anilines is 1. The summed E-state index contributed by atoms with van der Waals surface area (Å²) in [6.07, 6.45) is 11.5. The van der Waals surface area contributed by atoms with Crippen LogP contribution in [-0.4, -0.2) is 77.6 Å². The second-order valence-corrected chi connectivity index (χ2v) is 17.3. The topological polar surface area (TPSA) is 122 Å². The molecule has 0 spiro atoms. The van der Waals surface area contributed by atoms with E-state index in [1.165, 1.54) is 42.4 Å². The number of nitrogens with two attached hydrogens (primary N) is 1. The predicted octanol–water partition coefficient (Wildman–Crippen LogP) is 5.72. The van der Waals surface area contributed by atoms with E-state index in [0.717, 1.165) is 102 Å². The van der Waals surface area contributed by atoms with Gasteiger partial charge in [-0.3, -0.25) is 4.90 Å². The summed E-state index contributed by atoms with van der Waals surface area (Å²) in [4.78, 5) is 9.78. The van der Waals surface area contributed by atoms with Crippen LogP contribution in [0.5, 0.6) is 0 Å². The van der Waals surface area contributed by atoms with Crippen molar-refractivity contribution in [2.75, 3.05) is 44.2 Å². The lowest BCUT2D eigenvalue weighted by Gasteiger charge is -2.33. The Morgan fingerprint density at radius 3 is 2.15 bits per heavy atom. The van der Waals surface area contributed by atoms with Gasteiger partial charge in [-0.1, -0.05) is 64.9 Å². The van der Waals surface area contributed by atoms with Gasteiger partial charge in [0, 0.05) is 98.6 Å². The van der Waals surface area contributed by atoms with Gasteiger partial charge in [-0.25, -0.2) is 0 Å². The highest BCUT2D eigenvalue weighted by Crippen LogP contribution is 2.51. The van der Waals surface area contributed by atoms with Crippen LogP contribution in [0.2, 0.25) is 0 Å². The van der Waals surface area contributed by atoms with Crippen LogP contribution in [0.3, 0.4) is 0 Å². The summed E-state index contributed by atoms with van der Waals surface area (Å²) in [7, 11) is 0. The maximum absolute atomic E-state index is 6.13. The minimum atomic E-state index is 0.0405. The van der Waals surface area contributed by atoms with E-state index in [2.05, 4.69) is 91.4 Å². The molecule has 6 aliphatic rings. The molecule has 4 N–H and O–H groups in total. The zero-order valence-corrected chi connectivity index (χ0v) is 30.4. The van der Waals surface area contributed by atoms with E-state index in [1.807, 2.05) is 0 Å². The van der Waals surface area contributed by atoms with Crippen LogP contribution in [0.15, 0.2) is 69.7 Å². The molecule has 0 amide bonds. The molecule has 3 heterocycles. The molecule has 5 saturated carbocycles. The number of rotatable bonds is 14. The normalized spacial score (nSPS) is 30.3. The van der Waals surface area contributed by atoms with Crippen molar-refractivity contribution < 1.29 is 9.05 Å². The van der Waals surface area contributed by atoms with E-state index in [0.29, 0.717) is 41.9 Å². The van der Waals surface area contributed by atoms with E-state index in [9.17, 15) is 0 Å². The third-order valence-corrected chi connectivity index (χ3v) is 13.5. The van der Waals surface area contributed by atoms with Crippen LogP contribution >= 0.6 is 0 Å². The first-order valence-corrected chi connectivity index (χ1v) is 20.2. The van der Waals surface area contributed by atoms with Gasteiger partial charge in [-0.15, -0.1) is 0 Å². The van der Waals surface area contributed by atoms with Gasteiger partial charge in [-0.05, 0) is 80.9 Å². The Labute approximate surface area is 307 Å². The van der Waals surface area contributed by atoms with Gasteiger partial charge in [-0.2, -0.15) is 4.98 Å². The average Bonchev–Trinajstić information content (AvgIpc) is 4.08. The summed E-state index contributed by atoms with van der Waals surface area (Å²) >= 11 is 0. The molecule has 4 aromatic rings. The maximum Gasteiger partial charge on any atom is 0.324 e. The first-order chi connectivity index (χ1) is 25.5. The van der Waals surface area contributed by atoms with Gasteiger partial charge >= 0.3 is 6.01 Å². The van der Waals surface area contributed by atoms with E-state index < -0.39 is 0 Å². The molecule has 1 aliphatic heterocycles. The zero-order valence-electron chi connectivity index (χ0n) is 30.4. The lowest BCUT2D eigenvalue weighted by molar-refractivity contribution is 0.242. The first-order valence-electron chi connectivity index (χ1n) is 20.2. The van der Waals surface area contributed by atoms with Crippen molar-refractivity contribution >= 4 is 6.01 Å². The number of piperazine rings is 1. The van der Waals surface area contributed by atoms with Crippen molar-refractivity contribution in [2.45, 2.75) is 117 Å².